The summed E-state index contributed by atoms with van der Waals surface area (Å²) in [5.41, 5.74) is 0.149. The van der Waals surface area contributed by atoms with E-state index in [0.717, 1.165) is 5.56 Å². The van der Waals surface area contributed by atoms with Gasteiger partial charge in [0.05, 0.1) is 0 Å². The third-order valence-electron chi connectivity index (χ3n) is 2.97. The number of hydrogen-bond acceptors (Lipinski definition) is 6. The van der Waals surface area contributed by atoms with Gasteiger partial charge in [-0.15, -0.1) is 10.2 Å². The van der Waals surface area contributed by atoms with Crippen LogP contribution in [0.4, 0.5) is 4.79 Å². The highest BCUT2D eigenvalue weighted by Crippen LogP contribution is 2.20. The van der Waals surface area contributed by atoms with Crippen molar-refractivity contribution in [1.82, 2.24) is 15.5 Å². The van der Waals surface area contributed by atoms with Crippen molar-refractivity contribution in [2.45, 2.75) is 38.8 Å². The second-order valence-corrected chi connectivity index (χ2v) is 6.72. The van der Waals surface area contributed by atoms with Crippen molar-refractivity contribution < 1.29 is 23.8 Å². The summed E-state index contributed by atoms with van der Waals surface area (Å²) in [6.45, 7) is 5.20. The molecule has 1 atom stereocenters. The number of aromatic carboxylic acids is 1. The number of hydrogen-bond donors (Lipinski definition) is 2. The van der Waals surface area contributed by atoms with Crippen LogP contribution in [0.3, 0.4) is 0 Å². The molecule has 0 saturated carbocycles. The molecular formula is C16H18ClN3O5. The van der Waals surface area contributed by atoms with Gasteiger partial charge in [-0.2, -0.15) is 0 Å². The Morgan fingerprint density at radius 2 is 1.92 bits per heavy atom. The summed E-state index contributed by atoms with van der Waals surface area (Å²) in [5.74, 6) is -1.93. The maximum absolute atomic E-state index is 12.1. The van der Waals surface area contributed by atoms with Crippen molar-refractivity contribution in [3.05, 3.63) is 46.6 Å². The van der Waals surface area contributed by atoms with Crippen LogP contribution >= 0.6 is 11.6 Å². The van der Waals surface area contributed by atoms with Crippen molar-refractivity contribution in [2.24, 2.45) is 0 Å². The first-order valence-corrected chi connectivity index (χ1v) is 7.82. The molecule has 1 aromatic carbocycles. The van der Waals surface area contributed by atoms with E-state index in [1.807, 2.05) is 0 Å². The first kappa shape index (κ1) is 18.7. The van der Waals surface area contributed by atoms with Crippen LogP contribution in [-0.4, -0.2) is 33.0 Å². The lowest BCUT2D eigenvalue weighted by Gasteiger charge is -2.22. The number of carboxylic acid groups (broad SMARTS) is 1. The molecule has 0 aliphatic rings. The predicted molar refractivity (Wildman–Crippen MR) is 88.5 cm³/mol. The van der Waals surface area contributed by atoms with E-state index in [0.29, 0.717) is 5.02 Å². The van der Waals surface area contributed by atoms with Crippen LogP contribution in [0, 0.1) is 0 Å². The van der Waals surface area contributed by atoms with E-state index in [9.17, 15) is 9.59 Å². The lowest BCUT2D eigenvalue weighted by atomic mass is 10.1. The molecule has 0 spiro atoms. The standard InChI is InChI=1S/C16H18ClN3O5/c1-16(2,3)25-15(23)18-11(8-9-4-6-10(17)7-5-9)12-19-20-13(24-12)14(21)22/h4-7,11H,8H2,1-3H3,(H,18,23)(H,21,22)/t11-/m0/s1. The molecule has 0 radical (unpaired) electrons. The van der Waals surface area contributed by atoms with E-state index in [2.05, 4.69) is 15.5 Å². The smallest absolute Gasteiger partial charge is 0.408 e. The van der Waals surface area contributed by atoms with E-state index in [1.165, 1.54) is 0 Å². The molecule has 25 heavy (non-hydrogen) atoms. The molecule has 0 fully saturated rings. The quantitative estimate of drug-likeness (QED) is 0.833. The largest absolute Gasteiger partial charge is 0.474 e. The topological polar surface area (TPSA) is 115 Å². The molecule has 1 heterocycles. The predicted octanol–water partition coefficient (Wildman–Crippen LogP) is 3.23. The number of carbonyl (C=O) groups is 2. The average Bonchev–Trinajstić information content (AvgIpc) is 2.97. The van der Waals surface area contributed by atoms with Gasteiger partial charge in [0, 0.05) is 11.4 Å². The van der Waals surface area contributed by atoms with Gasteiger partial charge < -0.3 is 19.6 Å². The maximum Gasteiger partial charge on any atom is 0.408 e. The lowest BCUT2D eigenvalue weighted by Crippen LogP contribution is -2.36. The third-order valence-corrected chi connectivity index (χ3v) is 3.22. The average molecular weight is 368 g/mol. The molecule has 0 aliphatic heterocycles. The van der Waals surface area contributed by atoms with Gasteiger partial charge in [-0.3, -0.25) is 0 Å². The number of nitrogens with one attached hydrogen (secondary N) is 1. The number of halogens is 1. The van der Waals surface area contributed by atoms with Crippen molar-refractivity contribution in [3.8, 4) is 0 Å². The first-order chi connectivity index (χ1) is 11.6. The Morgan fingerprint density at radius 1 is 1.28 bits per heavy atom. The number of ether oxygens (including phenoxy) is 1. The number of benzene rings is 1. The number of carbonyl (C=O) groups excluding carboxylic acids is 1. The zero-order chi connectivity index (χ0) is 18.6. The van der Waals surface area contributed by atoms with Gasteiger partial charge in [-0.25, -0.2) is 9.59 Å². The molecule has 8 nitrogen and oxygen atoms in total. The first-order valence-electron chi connectivity index (χ1n) is 7.45. The molecule has 134 valence electrons. The van der Waals surface area contributed by atoms with Crippen LogP contribution in [0.2, 0.25) is 5.02 Å². The van der Waals surface area contributed by atoms with Crippen LogP contribution in [0.25, 0.3) is 0 Å². The Kier molecular flexibility index (Phi) is 5.63. The summed E-state index contributed by atoms with van der Waals surface area (Å²) in [7, 11) is 0. The number of rotatable bonds is 5. The highest BCUT2D eigenvalue weighted by molar-refractivity contribution is 6.30. The van der Waals surface area contributed by atoms with Crippen LogP contribution < -0.4 is 5.32 Å². The Morgan fingerprint density at radius 3 is 2.44 bits per heavy atom. The summed E-state index contributed by atoms with van der Waals surface area (Å²) < 4.78 is 10.3. The molecule has 1 aromatic heterocycles. The van der Waals surface area contributed by atoms with Gasteiger partial charge in [0.25, 0.3) is 0 Å². The second-order valence-electron chi connectivity index (χ2n) is 6.28. The van der Waals surface area contributed by atoms with Gasteiger partial charge in [0.2, 0.25) is 5.89 Å². The van der Waals surface area contributed by atoms with Crippen molar-refractivity contribution in [1.29, 1.82) is 0 Å². The Labute approximate surface area is 149 Å². The fraction of sp³-hybridized carbons (Fsp3) is 0.375. The molecule has 2 rings (SSSR count). The molecule has 0 unspecified atom stereocenters. The minimum Gasteiger partial charge on any atom is -0.474 e. The molecule has 2 N–H and O–H groups in total. The molecule has 9 heteroatoms. The minimum atomic E-state index is -1.35. The molecule has 1 amide bonds. The number of aromatic nitrogens is 2. The number of nitrogens with zero attached hydrogens (tertiary/aromatic N) is 2. The minimum absolute atomic E-state index is 0.0294. The summed E-state index contributed by atoms with van der Waals surface area (Å²) in [6, 6.07) is 6.22. The number of alkyl carbamates (subject to hydrolysis) is 1. The Bertz CT molecular complexity index is 752. The van der Waals surface area contributed by atoms with Gasteiger partial charge in [-0.05, 0) is 38.5 Å². The summed E-state index contributed by atoms with van der Waals surface area (Å²) >= 11 is 5.86. The van der Waals surface area contributed by atoms with Crippen molar-refractivity contribution in [2.75, 3.05) is 0 Å². The van der Waals surface area contributed by atoms with E-state index in [-0.39, 0.29) is 12.3 Å². The van der Waals surface area contributed by atoms with Crippen molar-refractivity contribution >= 4 is 23.7 Å². The van der Waals surface area contributed by atoms with E-state index in [1.54, 1.807) is 45.0 Å². The molecular weight excluding hydrogens is 350 g/mol. The summed E-state index contributed by atoms with van der Waals surface area (Å²) in [6.07, 6.45) is -0.390. The Hall–Kier alpha value is -2.61. The monoisotopic (exact) mass is 367 g/mol. The fourth-order valence-electron chi connectivity index (χ4n) is 1.97. The van der Waals surface area contributed by atoms with Crippen LogP contribution in [-0.2, 0) is 11.2 Å². The molecule has 0 saturated heterocycles. The summed E-state index contributed by atoms with van der Waals surface area (Å²) in [5, 5.41) is 19.3. The normalized spacial score (nSPS) is 12.5. The van der Waals surface area contributed by atoms with Gasteiger partial charge in [0.15, 0.2) is 0 Å². The van der Waals surface area contributed by atoms with E-state index >= 15 is 0 Å². The number of carboxylic acids is 1. The lowest BCUT2D eigenvalue weighted by molar-refractivity contribution is 0.0495. The summed E-state index contributed by atoms with van der Waals surface area (Å²) in [4.78, 5) is 23.0. The zero-order valence-electron chi connectivity index (χ0n) is 13.9. The third kappa shape index (κ3) is 5.75. The van der Waals surface area contributed by atoms with Crippen LogP contribution in [0.1, 0.15) is 49.0 Å². The molecule has 2 aromatic rings. The van der Waals surface area contributed by atoms with Gasteiger partial charge >= 0.3 is 18.0 Å². The van der Waals surface area contributed by atoms with Crippen molar-refractivity contribution in [3.63, 3.8) is 0 Å². The van der Waals surface area contributed by atoms with E-state index < -0.39 is 29.6 Å². The number of amides is 1. The van der Waals surface area contributed by atoms with E-state index in [4.69, 9.17) is 25.9 Å². The van der Waals surface area contributed by atoms with Crippen LogP contribution in [0.5, 0.6) is 0 Å². The SMILES string of the molecule is CC(C)(C)OC(=O)N[C@@H](Cc1ccc(Cl)cc1)c1nnc(C(=O)O)o1. The molecule has 0 bridgehead atoms. The highest BCUT2D eigenvalue weighted by Gasteiger charge is 2.26. The Balaban J connectivity index is 2.21. The zero-order valence-corrected chi connectivity index (χ0v) is 14.7. The maximum atomic E-state index is 12.1. The molecule has 0 aliphatic carbocycles. The van der Waals surface area contributed by atoms with Gasteiger partial charge in [-0.1, -0.05) is 23.7 Å². The van der Waals surface area contributed by atoms with Gasteiger partial charge in [0.1, 0.15) is 11.6 Å². The second kappa shape index (κ2) is 7.52. The van der Waals surface area contributed by atoms with Crippen LogP contribution in [0.15, 0.2) is 28.7 Å². The fourth-order valence-corrected chi connectivity index (χ4v) is 2.09. The highest BCUT2D eigenvalue weighted by atomic mass is 35.5.